The van der Waals surface area contributed by atoms with Gasteiger partial charge in [0.25, 0.3) is 0 Å². The highest BCUT2D eigenvalue weighted by molar-refractivity contribution is 5.55. The third-order valence-corrected chi connectivity index (χ3v) is 2.61. The zero-order valence-electron chi connectivity index (χ0n) is 9.94. The predicted molar refractivity (Wildman–Crippen MR) is 67.4 cm³/mol. The fourth-order valence-corrected chi connectivity index (χ4v) is 1.63. The second-order valence-corrected chi connectivity index (χ2v) is 4.01. The van der Waals surface area contributed by atoms with Crippen LogP contribution in [0.1, 0.15) is 16.7 Å². The number of pyridine rings is 1. The summed E-state index contributed by atoms with van der Waals surface area (Å²) in [7, 11) is 0. The highest BCUT2D eigenvalue weighted by Gasteiger charge is 2.01. The largest absolute Gasteiger partial charge is 0.381 e. The van der Waals surface area contributed by atoms with E-state index in [1.807, 2.05) is 13.0 Å². The van der Waals surface area contributed by atoms with Crippen LogP contribution >= 0.6 is 0 Å². The molecule has 0 atom stereocenters. The number of nitriles is 1. The van der Waals surface area contributed by atoms with E-state index in [2.05, 4.69) is 16.4 Å². The molecule has 0 aliphatic carbocycles. The van der Waals surface area contributed by atoms with Crippen molar-refractivity contribution in [1.82, 2.24) is 4.98 Å². The number of hydrogen-bond acceptors (Lipinski definition) is 3. The van der Waals surface area contributed by atoms with E-state index in [0.29, 0.717) is 12.1 Å². The van der Waals surface area contributed by atoms with E-state index in [0.717, 1.165) is 16.8 Å². The smallest absolute Gasteiger partial charge is 0.141 e. The Morgan fingerprint density at radius 3 is 2.89 bits per heavy atom. The summed E-state index contributed by atoms with van der Waals surface area (Å²) in [6.45, 7) is 2.42. The van der Waals surface area contributed by atoms with Crippen LogP contribution in [0.2, 0.25) is 0 Å². The van der Waals surface area contributed by atoms with Crippen LogP contribution in [0.3, 0.4) is 0 Å². The summed E-state index contributed by atoms with van der Waals surface area (Å²) in [6, 6.07) is 8.95. The second kappa shape index (κ2) is 5.28. The molecular formula is C14H12FN3. The molecule has 0 fully saturated rings. The van der Waals surface area contributed by atoms with Crippen molar-refractivity contribution in [1.29, 1.82) is 5.26 Å². The van der Waals surface area contributed by atoms with Gasteiger partial charge in [0.2, 0.25) is 0 Å². The van der Waals surface area contributed by atoms with Crippen LogP contribution in [0.5, 0.6) is 0 Å². The van der Waals surface area contributed by atoms with E-state index in [4.69, 9.17) is 5.26 Å². The number of aryl methyl sites for hydroxylation is 1. The number of anilines is 1. The molecule has 0 amide bonds. The number of hydrogen-bond donors (Lipinski definition) is 1. The highest BCUT2D eigenvalue weighted by atomic mass is 19.1. The van der Waals surface area contributed by atoms with E-state index in [9.17, 15) is 4.39 Å². The molecule has 0 aliphatic heterocycles. The monoisotopic (exact) mass is 241 g/mol. The van der Waals surface area contributed by atoms with Crippen molar-refractivity contribution in [3.63, 3.8) is 0 Å². The van der Waals surface area contributed by atoms with Crippen molar-refractivity contribution in [3.05, 3.63) is 59.2 Å². The standard InChI is InChI=1S/C14H12FN3/c1-10-2-3-11(6-16)5-14(10)18-8-12-4-13(15)9-17-7-12/h2-5,7,9,18H,8H2,1H3. The number of rotatable bonds is 3. The van der Waals surface area contributed by atoms with Crippen molar-refractivity contribution in [2.75, 3.05) is 5.32 Å². The summed E-state index contributed by atoms with van der Waals surface area (Å²) in [4.78, 5) is 3.79. The normalized spacial score (nSPS) is 9.83. The average Bonchev–Trinajstić information content (AvgIpc) is 2.38. The van der Waals surface area contributed by atoms with Gasteiger partial charge >= 0.3 is 0 Å². The van der Waals surface area contributed by atoms with Crippen LogP contribution in [0.4, 0.5) is 10.1 Å². The van der Waals surface area contributed by atoms with Crippen LogP contribution in [-0.4, -0.2) is 4.98 Å². The van der Waals surface area contributed by atoms with Crippen molar-refractivity contribution in [2.24, 2.45) is 0 Å². The summed E-state index contributed by atoms with van der Waals surface area (Å²) in [5, 5.41) is 12.0. The quantitative estimate of drug-likeness (QED) is 0.898. The Morgan fingerprint density at radius 1 is 1.33 bits per heavy atom. The first-order valence-corrected chi connectivity index (χ1v) is 5.53. The first-order chi connectivity index (χ1) is 8.69. The third-order valence-electron chi connectivity index (χ3n) is 2.61. The van der Waals surface area contributed by atoms with Crippen molar-refractivity contribution in [3.8, 4) is 6.07 Å². The number of nitrogens with zero attached hydrogens (tertiary/aromatic N) is 2. The molecule has 2 aromatic rings. The molecule has 2 rings (SSSR count). The van der Waals surface area contributed by atoms with Gasteiger partial charge in [-0.25, -0.2) is 4.39 Å². The topological polar surface area (TPSA) is 48.7 Å². The van der Waals surface area contributed by atoms with Gasteiger partial charge < -0.3 is 5.32 Å². The van der Waals surface area contributed by atoms with Gasteiger partial charge in [0, 0.05) is 18.4 Å². The van der Waals surface area contributed by atoms with E-state index in [1.54, 1.807) is 18.3 Å². The molecule has 0 radical (unpaired) electrons. The van der Waals surface area contributed by atoms with Gasteiger partial charge in [0.05, 0.1) is 17.8 Å². The first kappa shape index (κ1) is 12.1. The molecule has 0 aliphatic rings. The van der Waals surface area contributed by atoms with Gasteiger partial charge in [-0.3, -0.25) is 4.98 Å². The maximum Gasteiger partial charge on any atom is 0.141 e. The molecule has 0 saturated carbocycles. The molecule has 0 saturated heterocycles. The molecule has 90 valence electrons. The molecule has 1 N–H and O–H groups in total. The maximum atomic E-state index is 13.0. The Bertz CT molecular complexity index is 602. The lowest BCUT2D eigenvalue weighted by molar-refractivity contribution is 0.619. The van der Waals surface area contributed by atoms with E-state index < -0.39 is 0 Å². The van der Waals surface area contributed by atoms with Gasteiger partial charge in [0.1, 0.15) is 5.82 Å². The highest BCUT2D eigenvalue weighted by Crippen LogP contribution is 2.17. The molecule has 18 heavy (non-hydrogen) atoms. The van der Waals surface area contributed by atoms with E-state index in [-0.39, 0.29) is 5.82 Å². The van der Waals surface area contributed by atoms with E-state index >= 15 is 0 Å². The Balaban J connectivity index is 2.13. The fourth-order valence-electron chi connectivity index (χ4n) is 1.63. The number of benzene rings is 1. The molecule has 1 aromatic carbocycles. The second-order valence-electron chi connectivity index (χ2n) is 4.01. The first-order valence-electron chi connectivity index (χ1n) is 5.53. The minimum atomic E-state index is -0.350. The van der Waals surface area contributed by atoms with Crippen LogP contribution in [0, 0.1) is 24.1 Å². The van der Waals surface area contributed by atoms with Crippen LogP contribution < -0.4 is 5.32 Å². The van der Waals surface area contributed by atoms with Gasteiger partial charge in [-0.1, -0.05) is 6.07 Å². The van der Waals surface area contributed by atoms with Gasteiger partial charge in [-0.2, -0.15) is 5.26 Å². The molecule has 0 unspecified atom stereocenters. The van der Waals surface area contributed by atoms with Crippen molar-refractivity contribution >= 4 is 5.69 Å². The predicted octanol–water partition coefficient (Wildman–Crippen LogP) is 3.01. The Morgan fingerprint density at radius 2 is 2.17 bits per heavy atom. The zero-order valence-corrected chi connectivity index (χ0v) is 9.94. The molecule has 1 aromatic heterocycles. The average molecular weight is 241 g/mol. The van der Waals surface area contributed by atoms with E-state index in [1.165, 1.54) is 12.3 Å². The third kappa shape index (κ3) is 2.83. The van der Waals surface area contributed by atoms with Gasteiger partial charge in [-0.15, -0.1) is 0 Å². The van der Waals surface area contributed by atoms with Gasteiger partial charge in [-0.05, 0) is 36.2 Å². The molecule has 1 heterocycles. The lowest BCUT2D eigenvalue weighted by Gasteiger charge is -2.09. The summed E-state index contributed by atoms with van der Waals surface area (Å²) >= 11 is 0. The van der Waals surface area contributed by atoms with Crippen LogP contribution in [-0.2, 0) is 6.54 Å². The van der Waals surface area contributed by atoms with Crippen molar-refractivity contribution in [2.45, 2.75) is 13.5 Å². The molecule has 3 nitrogen and oxygen atoms in total. The SMILES string of the molecule is Cc1ccc(C#N)cc1NCc1cncc(F)c1. The molecular weight excluding hydrogens is 229 g/mol. The van der Waals surface area contributed by atoms with Crippen LogP contribution in [0.15, 0.2) is 36.7 Å². The molecule has 0 bridgehead atoms. The Labute approximate surface area is 105 Å². The number of halogens is 1. The maximum absolute atomic E-state index is 13.0. The Hall–Kier alpha value is -2.41. The minimum absolute atomic E-state index is 0.350. The summed E-state index contributed by atoms with van der Waals surface area (Å²) in [5.74, 6) is -0.350. The number of nitrogens with one attached hydrogen (secondary N) is 1. The zero-order chi connectivity index (χ0) is 13.0. The number of aromatic nitrogens is 1. The fraction of sp³-hybridized carbons (Fsp3) is 0.143. The molecule has 0 spiro atoms. The summed E-state index contributed by atoms with van der Waals surface area (Å²) in [5.41, 5.74) is 3.27. The lowest BCUT2D eigenvalue weighted by atomic mass is 10.1. The Kier molecular flexibility index (Phi) is 3.54. The summed E-state index contributed by atoms with van der Waals surface area (Å²) < 4.78 is 13.0. The minimum Gasteiger partial charge on any atom is -0.381 e. The van der Waals surface area contributed by atoms with Crippen molar-refractivity contribution < 1.29 is 4.39 Å². The summed E-state index contributed by atoms with van der Waals surface area (Å²) in [6.07, 6.45) is 2.78. The van der Waals surface area contributed by atoms with Gasteiger partial charge in [0.15, 0.2) is 0 Å². The molecule has 4 heteroatoms. The van der Waals surface area contributed by atoms with Crippen LogP contribution in [0.25, 0.3) is 0 Å². The lowest BCUT2D eigenvalue weighted by Crippen LogP contribution is -2.02.